The van der Waals surface area contributed by atoms with Gasteiger partial charge in [-0.3, -0.25) is 14.1 Å². The standard InChI is InChI=1S/C18H25N11O8S2/c19-4-1-5-21-6-11-24-27-28(25-11)7-10-13(15(31)29(10)39(34,35)36)23-14(30)12(9-8-38-17(20)22-9)26-37-18(2-3-18)16(32)33/h8,10,13,21H,1-7,19H2,(H2,20,22)(H,23,30)(H,32,33)(H,34,35,36)/t10-,13+/m1/s1. The van der Waals surface area contributed by atoms with Gasteiger partial charge in [0.05, 0.1) is 13.1 Å². The van der Waals surface area contributed by atoms with Gasteiger partial charge in [-0.05, 0) is 24.7 Å². The lowest BCUT2D eigenvalue weighted by Crippen LogP contribution is -2.73. The lowest BCUT2D eigenvalue weighted by atomic mass is 9.98. The number of carbonyl (C=O) groups excluding carboxylic acids is 2. The Balaban J connectivity index is 1.51. The highest BCUT2D eigenvalue weighted by Crippen LogP contribution is 2.40. The quantitative estimate of drug-likeness (QED) is 0.0414. The molecule has 1 aliphatic heterocycles. The van der Waals surface area contributed by atoms with Crippen LogP contribution in [0.25, 0.3) is 0 Å². The minimum Gasteiger partial charge on any atom is -0.478 e. The van der Waals surface area contributed by atoms with Crippen molar-refractivity contribution in [2.24, 2.45) is 10.9 Å². The summed E-state index contributed by atoms with van der Waals surface area (Å²) < 4.78 is 33.4. The van der Waals surface area contributed by atoms with E-state index in [1.165, 1.54) is 5.38 Å². The number of amides is 2. The number of β-lactam (4-membered cyclic amide) rings is 1. The topological polar surface area (TPSA) is 283 Å². The van der Waals surface area contributed by atoms with Gasteiger partial charge in [0.2, 0.25) is 5.60 Å². The van der Waals surface area contributed by atoms with Crippen molar-refractivity contribution in [2.45, 2.75) is 50.0 Å². The van der Waals surface area contributed by atoms with Crippen LogP contribution in [0, 0.1) is 0 Å². The highest BCUT2D eigenvalue weighted by atomic mass is 32.2. The Hall–Kier alpha value is -3.79. The number of nitrogen functional groups attached to an aromatic ring is 1. The van der Waals surface area contributed by atoms with Crippen LogP contribution in [0.5, 0.6) is 0 Å². The number of carboxylic acids is 1. The summed E-state index contributed by atoms with van der Waals surface area (Å²) in [5, 5.41) is 31.6. The SMILES string of the molecule is NCCCNCc1nnn(C[C@@H]2[C@H](NC(=O)C(=NOC3(C(=O)O)CC3)c3csc(N)n3)C(=O)N2S(=O)(=O)O)n1. The fourth-order valence-corrected chi connectivity index (χ4v) is 4.98. The van der Waals surface area contributed by atoms with Gasteiger partial charge < -0.3 is 32.0 Å². The minimum absolute atomic E-state index is 0.0594. The predicted molar refractivity (Wildman–Crippen MR) is 131 cm³/mol. The van der Waals surface area contributed by atoms with Gasteiger partial charge in [-0.1, -0.05) is 5.16 Å². The number of carbonyl (C=O) groups is 3. The van der Waals surface area contributed by atoms with Crippen LogP contribution in [0.3, 0.4) is 0 Å². The zero-order chi connectivity index (χ0) is 28.4. The van der Waals surface area contributed by atoms with E-state index in [9.17, 15) is 32.5 Å². The molecule has 39 heavy (non-hydrogen) atoms. The number of hydrogen-bond acceptors (Lipinski definition) is 15. The van der Waals surface area contributed by atoms with Crippen LogP contribution in [0.1, 0.15) is 30.8 Å². The zero-order valence-electron chi connectivity index (χ0n) is 20.1. The van der Waals surface area contributed by atoms with Gasteiger partial charge in [-0.25, -0.2) is 14.1 Å². The molecule has 0 radical (unpaired) electrons. The van der Waals surface area contributed by atoms with Crippen LogP contribution in [0.15, 0.2) is 10.5 Å². The molecule has 3 heterocycles. The second kappa shape index (κ2) is 11.1. The molecule has 0 unspecified atom stereocenters. The maximum absolute atomic E-state index is 13.1. The number of aliphatic carboxylic acids is 1. The molecule has 1 saturated heterocycles. The van der Waals surface area contributed by atoms with Gasteiger partial charge in [0.15, 0.2) is 16.7 Å². The first kappa shape index (κ1) is 28.2. The molecule has 212 valence electrons. The lowest BCUT2D eigenvalue weighted by Gasteiger charge is -2.43. The Morgan fingerprint density at radius 2 is 2.10 bits per heavy atom. The number of hydrogen-bond donors (Lipinski definition) is 6. The summed E-state index contributed by atoms with van der Waals surface area (Å²) in [4.78, 5) is 47.3. The highest BCUT2D eigenvalue weighted by molar-refractivity contribution is 7.84. The van der Waals surface area contributed by atoms with Crippen LogP contribution in [-0.2, 0) is 42.6 Å². The van der Waals surface area contributed by atoms with Gasteiger partial charge in [-0.15, -0.1) is 21.5 Å². The van der Waals surface area contributed by atoms with E-state index in [0.29, 0.717) is 13.1 Å². The Labute approximate surface area is 224 Å². The highest BCUT2D eigenvalue weighted by Gasteiger charge is 2.56. The van der Waals surface area contributed by atoms with Crippen molar-refractivity contribution in [2.75, 3.05) is 18.8 Å². The third-order valence-electron chi connectivity index (χ3n) is 5.78. The molecule has 0 bridgehead atoms. The first-order valence-corrected chi connectivity index (χ1v) is 13.7. The van der Waals surface area contributed by atoms with E-state index in [1.807, 2.05) is 0 Å². The molecule has 21 heteroatoms. The van der Waals surface area contributed by atoms with E-state index in [2.05, 4.69) is 36.2 Å². The molecule has 4 rings (SSSR count). The maximum atomic E-state index is 13.1. The fourth-order valence-electron chi connectivity index (χ4n) is 3.56. The van der Waals surface area contributed by atoms with Crippen molar-refractivity contribution in [3.63, 3.8) is 0 Å². The number of rotatable bonds is 14. The third-order valence-corrected chi connectivity index (χ3v) is 7.40. The normalized spacial score (nSPS) is 20.4. The van der Waals surface area contributed by atoms with Crippen molar-refractivity contribution >= 4 is 50.3 Å². The Bertz CT molecular complexity index is 1390. The van der Waals surface area contributed by atoms with Gasteiger partial charge in [0, 0.05) is 18.2 Å². The summed E-state index contributed by atoms with van der Waals surface area (Å²) in [6, 6.07) is -2.80. The van der Waals surface area contributed by atoms with Gasteiger partial charge in [0.25, 0.3) is 11.8 Å². The van der Waals surface area contributed by atoms with Crippen molar-refractivity contribution in [1.82, 2.24) is 40.1 Å². The van der Waals surface area contributed by atoms with E-state index in [1.54, 1.807) is 0 Å². The Morgan fingerprint density at radius 3 is 2.69 bits per heavy atom. The number of nitrogens with zero attached hydrogens (tertiary/aromatic N) is 7. The molecule has 1 saturated carbocycles. The van der Waals surface area contributed by atoms with Crippen LogP contribution in [-0.4, -0.2) is 102 Å². The summed E-state index contributed by atoms with van der Waals surface area (Å²) in [5.41, 5.74) is 8.94. The average Bonchev–Trinajstić information content (AvgIpc) is 3.33. The molecule has 19 nitrogen and oxygen atoms in total. The number of nitrogens with one attached hydrogen (secondary N) is 2. The number of thiazole rings is 1. The van der Waals surface area contributed by atoms with Crippen LogP contribution < -0.4 is 22.1 Å². The first-order chi connectivity index (χ1) is 18.4. The number of nitrogens with two attached hydrogens (primary N) is 2. The van der Waals surface area contributed by atoms with Crippen molar-refractivity contribution in [1.29, 1.82) is 0 Å². The largest absolute Gasteiger partial charge is 0.478 e. The average molecular weight is 588 g/mol. The molecule has 2 aliphatic rings. The van der Waals surface area contributed by atoms with E-state index < -0.39 is 51.5 Å². The zero-order valence-corrected chi connectivity index (χ0v) is 21.8. The van der Waals surface area contributed by atoms with E-state index in [4.69, 9.17) is 16.3 Å². The Kier molecular flexibility index (Phi) is 8.06. The van der Waals surface area contributed by atoms with E-state index in [0.717, 1.165) is 22.6 Å². The lowest BCUT2D eigenvalue weighted by molar-refractivity contribution is -0.153. The second-order valence-electron chi connectivity index (χ2n) is 8.61. The molecule has 2 aromatic rings. The van der Waals surface area contributed by atoms with Crippen LogP contribution in [0.2, 0.25) is 0 Å². The molecule has 0 aromatic carbocycles. The maximum Gasteiger partial charge on any atom is 0.362 e. The van der Waals surface area contributed by atoms with Crippen molar-refractivity contribution < 1.29 is 37.3 Å². The second-order valence-corrected chi connectivity index (χ2v) is 10.8. The first-order valence-electron chi connectivity index (χ1n) is 11.4. The molecule has 8 N–H and O–H groups in total. The van der Waals surface area contributed by atoms with Crippen molar-refractivity contribution in [3.8, 4) is 0 Å². The summed E-state index contributed by atoms with van der Waals surface area (Å²) in [7, 11) is -5.00. The van der Waals surface area contributed by atoms with Gasteiger partial charge in [-0.2, -0.15) is 13.2 Å². The number of tetrazole rings is 1. The monoisotopic (exact) mass is 587 g/mol. The number of anilines is 1. The fraction of sp³-hybridized carbons (Fsp3) is 0.556. The summed E-state index contributed by atoms with van der Waals surface area (Å²) in [6.07, 6.45) is 1.06. The predicted octanol–water partition coefficient (Wildman–Crippen LogP) is -3.31. The third kappa shape index (κ3) is 6.27. The number of aromatic nitrogens is 5. The van der Waals surface area contributed by atoms with E-state index in [-0.39, 0.29) is 46.9 Å². The molecule has 0 spiro atoms. The molecular formula is C18H25N11O8S2. The molecule has 2 aromatic heterocycles. The Morgan fingerprint density at radius 1 is 1.36 bits per heavy atom. The summed E-state index contributed by atoms with van der Waals surface area (Å²) in [6.45, 7) is 0.996. The molecule has 1 aliphatic carbocycles. The molecule has 2 amide bonds. The summed E-state index contributed by atoms with van der Waals surface area (Å²) in [5.74, 6) is -3.16. The summed E-state index contributed by atoms with van der Waals surface area (Å²) >= 11 is 0.969. The van der Waals surface area contributed by atoms with Crippen LogP contribution in [0.4, 0.5) is 5.13 Å². The van der Waals surface area contributed by atoms with Gasteiger partial charge in [0.1, 0.15) is 17.8 Å². The van der Waals surface area contributed by atoms with Crippen LogP contribution >= 0.6 is 11.3 Å². The van der Waals surface area contributed by atoms with Gasteiger partial charge >= 0.3 is 16.3 Å². The number of carboxylic acid groups (broad SMARTS) is 1. The molecular weight excluding hydrogens is 562 g/mol. The van der Waals surface area contributed by atoms with E-state index >= 15 is 0 Å². The van der Waals surface area contributed by atoms with Crippen molar-refractivity contribution in [3.05, 3.63) is 16.9 Å². The molecule has 2 fully saturated rings. The number of oxime groups is 1. The smallest absolute Gasteiger partial charge is 0.362 e. The molecule has 2 atom stereocenters. The minimum atomic E-state index is -5.00.